The van der Waals surface area contributed by atoms with E-state index < -0.39 is 42.4 Å². The average Bonchev–Trinajstić information content (AvgIpc) is 2.91. The van der Waals surface area contributed by atoms with Crippen LogP contribution in [0.5, 0.6) is 11.5 Å². The van der Waals surface area contributed by atoms with Crippen LogP contribution in [0.4, 0.5) is 27.6 Å². The molecule has 0 aromatic heterocycles. The van der Waals surface area contributed by atoms with Crippen LogP contribution in [0.2, 0.25) is 0 Å². The molecule has 208 valence electrons. The van der Waals surface area contributed by atoms with E-state index >= 15 is 0 Å². The second-order valence-corrected chi connectivity index (χ2v) is 8.52. The molecule has 0 aliphatic carbocycles. The fourth-order valence-electron chi connectivity index (χ4n) is 3.95. The highest BCUT2D eigenvalue weighted by atomic mass is 19.4. The third kappa shape index (κ3) is 7.92. The minimum absolute atomic E-state index is 0.00933. The molecule has 6 nitrogen and oxygen atoms in total. The second-order valence-electron chi connectivity index (χ2n) is 8.52. The Morgan fingerprint density at radius 1 is 0.897 bits per heavy atom. The van der Waals surface area contributed by atoms with Crippen LogP contribution in [0.25, 0.3) is 0 Å². The molecule has 11 heteroatoms. The lowest BCUT2D eigenvalue weighted by Gasteiger charge is -2.27. The first-order chi connectivity index (χ1) is 18.5. The second kappa shape index (κ2) is 13.1. The van der Waals surface area contributed by atoms with Gasteiger partial charge in [-0.05, 0) is 41.8 Å². The monoisotopic (exact) mass is 550 g/mol. The summed E-state index contributed by atoms with van der Waals surface area (Å²) < 4.78 is 75.9. The zero-order valence-electron chi connectivity index (χ0n) is 21.2. The third-order valence-corrected chi connectivity index (χ3v) is 5.91. The van der Waals surface area contributed by atoms with Crippen molar-refractivity contribution in [1.29, 1.82) is 0 Å². The minimum atomic E-state index is -4.51. The first kappa shape index (κ1) is 29.4. The predicted octanol–water partition coefficient (Wildman–Crippen LogP) is 5.78. The third-order valence-electron chi connectivity index (χ3n) is 5.91. The quantitative estimate of drug-likeness (QED) is 0.243. The molecule has 1 unspecified atom stereocenters. The number of rotatable bonds is 11. The molecule has 0 radical (unpaired) electrons. The van der Waals surface area contributed by atoms with Gasteiger partial charge >= 0.3 is 6.18 Å². The molecule has 1 N–H and O–H groups in total. The fourth-order valence-corrected chi connectivity index (χ4v) is 3.95. The van der Waals surface area contributed by atoms with Gasteiger partial charge in [0.25, 0.3) is 6.43 Å². The van der Waals surface area contributed by atoms with Crippen LogP contribution >= 0.6 is 0 Å². The maximum Gasteiger partial charge on any atom is 0.416 e. The Morgan fingerprint density at radius 2 is 1.54 bits per heavy atom. The number of alkyl halides is 5. The number of halogens is 5. The van der Waals surface area contributed by atoms with Crippen molar-refractivity contribution in [1.82, 2.24) is 4.90 Å². The number of amides is 2. The molecule has 1 atom stereocenters. The molecule has 0 spiro atoms. The van der Waals surface area contributed by atoms with Crippen LogP contribution in [0, 0.1) is 0 Å². The van der Waals surface area contributed by atoms with Crippen LogP contribution in [0.15, 0.2) is 72.8 Å². The lowest BCUT2D eigenvalue weighted by Crippen LogP contribution is -2.43. The first-order valence-electron chi connectivity index (χ1n) is 11.8. The number of methoxy groups -OCH3 is 2. The van der Waals surface area contributed by atoms with E-state index in [4.69, 9.17) is 9.47 Å². The van der Waals surface area contributed by atoms with Crippen LogP contribution in [-0.2, 0) is 22.2 Å². The number of ether oxygens (including phenoxy) is 2. The molecule has 0 heterocycles. The van der Waals surface area contributed by atoms with Crippen LogP contribution in [-0.4, -0.2) is 50.4 Å². The van der Waals surface area contributed by atoms with Gasteiger partial charge in [-0.25, -0.2) is 8.78 Å². The summed E-state index contributed by atoms with van der Waals surface area (Å²) in [5.41, 5.74) is 0.148. The van der Waals surface area contributed by atoms with Gasteiger partial charge in [0.15, 0.2) is 11.5 Å². The van der Waals surface area contributed by atoms with Gasteiger partial charge < -0.3 is 19.7 Å². The van der Waals surface area contributed by atoms with E-state index in [1.807, 2.05) is 0 Å². The average molecular weight is 551 g/mol. The fraction of sp³-hybridized carbons (Fsp3) is 0.286. The maximum atomic E-state index is 13.6. The number of nitrogens with zero attached hydrogens (tertiary/aromatic N) is 1. The van der Waals surface area contributed by atoms with Crippen LogP contribution in [0.3, 0.4) is 0 Å². The molecule has 3 rings (SSSR count). The van der Waals surface area contributed by atoms with E-state index in [9.17, 15) is 31.5 Å². The van der Waals surface area contributed by atoms with Crippen molar-refractivity contribution in [2.45, 2.75) is 24.9 Å². The smallest absolute Gasteiger partial charge is 0.416 e. The van der Waals surface area contributed by atoms with Gasteiger partial charge in [0.2, 0.25) is 11.8 Å². The Bertz CT molecular complexity index is 1250. The summed E-state index contributed by atoms with van der Waals surface area (Å²) in [6.07, 6.45) is -7.40. The number of nitrogens with one attached hydrogen (secondary N) is 1. The zero-order chi connectivity index (χ0) is 28.6. The number of carbonyl (C=O) groups excluding carboxylic acids is 2. The van der Waals surface area contributed by atoms with E-state index in [-0.39, 0.29) is 24.2 Å². The van der Waals surface area contributed by atoms with Gasteiger partial charge in [-0.1, -0.05) is 42.5 Å². The highest BCUT2D eigenvalue weighted by molar-refractivity contribution is 6.11. The van der Waals surface area contributed by atoms with Crippen LogP contribution < -0.4 is 14.8 Å². The Hall–Kier alpha value is -4.15. The lowest BCUT2D eigenvalue weighted by molar-refractivity contribution is -0.139. The molecule has 3 aromatic carbocycles. The maximum absolute atomic E-state index is 13.6. The molecule has 0 aliphatic rings. The van der Waals surface area contributed by atoms with Crippen molar-refractivity contribution in [2.24, 2.45) is 0 Å². The normalized spacial score (nSPS) is 12.1. The molecular weight excluding hydrogens is 523 g/mol. The van der Waals surface area contributed by atoms with E-state index in [0.717, 1.165) is 17.0 Å². The van der Waals surface area contributed by atoms with Gasteiger partial charge in [-0.15, -0.1) is 0 Å². The van der Waals surface area contributed by atoms with Gasteiger partial charge in [0.05, 0.1) is 26.3 Å². The molecule has 0 saturated carbocycles. The van der Waals surface area contributed by atoms with Gasteiger partial charge in [-0.2, -0.15) is 13.2 Å². The van der Waals surface area contributed by atoms with Crippen molar-refractivity contribution in [3.8, 4) is 11.5 Å². The molecule has 0 fully saturated rings. The Kier molecular flexibility index (Phi) is 9.86. The van der Waals surface area contributed by atoms with E-state index in [1.54, 1.807) is 24.3 Å². The van der Waals surface area contributed by atoms with Crippen molar-refractivity contribution in [2.75, 3.05) is 32.6 Å². The van der Waals surface area contributed by atoms with Gasteiger partial charge in [0.1, 0.15) is 5.92 Å². The predicted molar refractivity (Wildman–Crippen MR) is 135 cm³/mol. The zero-order valence-corrected chi connectivity index (χ0v) is 21.2. The van der Waals surface area contributed by atoms with Crippen molar-refractivity contribution < 1.29 is 41.0 Å². The Labute approximate surface area is 222 Å². The summed E-state index contributed by atoms with van der Waals surface area (Å²) in [6, 6.07) is 16.8. The molecule has 39 heavy (non-hydrogen) atoms. The van der Waals surface area contributed by atoms with Crippen molar-refractivity contribution in [3.05, 3.63) is 89.5 Å². The molecule has 0 aliphatic heterocycles. The summed E-state index contributed by atoms with van der Waals surface area (Å²) in [5.74, 6) is -2.35. The van der Waals surface area contributed by atoms with Crippen molar-refractivity contribution in [3.63, 3.8) is 0 Å². The SMILES string of the molecule is COc1ccc(NC(=O)C(C(=O)N(CCc2ccc(C(F)(F)F)cc2)CC(F)F)c2ccccc2)cc1OC. The Morgan fingerprint density at radius 3 is 2.10 bits per heavy atom. The molecule has 0 bridgehead atoms. The summed E-state index contributed by atoms with van der Waals surface area (Å²) in [7, 11) is 2.86. The van der Waals surface area contributed by atoms with E-state index in [2.05, 4.69) is 5.32 Å². The highest BCUT2D eigenvalue weighted by Crippen LogP contribution is 2.31. The number of hydrogen-bond acceptors (Lipinski definition) is 4. The lowest BCUT2D eigenvalue weighted by atomic mass is 9.96. The summed E-state index contributed by atoms with van der Waals surface area (Å²) in [6.45, 7) is -1.19. The minimum Gasteiger partial charge on any atom is -0.493 e. The number of anilines is 1. The first-order valence-corrected chi connectivity index (χ1v) is 11.8. The topological polar surface area (TPSA) is 67.9 Å². The largest absolute Gasteiger partial charge is 0.493 e. The molecule has 3 aromatic rings. The number of benzene rings is 3. The number of hydrogen-bond donors (Lipinski definition) is 1. The van der Waals surface area contributed by atoms with E-state index in [0.29, 0.717) is 17.1 Å². The number of carbonyl (C=O) groups is 2. The van der Waals surface area contributed by atoms with Gasteiger partial charge in [-0.3, -0.25) is 9.59 Å². The molecular formula is C28H27F5N2O4. The van der Waals surface area contributed by atoms with Crippen molar-refractivity contribution >= 4 is 17.5 Å². The summed E-state index contributed by atoms with van der Waals surface area (Å²) >= 11 is 0. The standard InChI is InChI=1S/C28H27F5N2O4/c1-38-22-13-12-21(16-23(22)39-2)34-26(36)25(19-6-4-3-5-7-19)27(37)35(17-24(29)30)15-14-18-8-10-20(11-9-18)28(31,32)33/h3-13,16,24-25H,14-15,17H2,1-2H3,(H,34,36). The highest BCUT2D eigenvalue weighted by Gasteiger charge is 2.34. The van der Waals surface area contributed by atoms with Crippen LogP contribution in [0.1, 0.15) is 22.6 Å². The molecule has 2 amide bonds. The van der Waals surface area contributed by atoms with Gasteiger partial charge in [0, 0.05) is 18.3 Å². The Balaban J connectivity index is 1.86. The summed E-state index contributed by atoms with van der Waals surface area (Å²) in [5, 5.41) is 2.63. The molecule has 0 saturated heterocycles. The summed E-state index contributed by atoms with van der Waals surface area (Å²) in [4.78, 5) is 27.8. The van der Waals surface area contributed by atoms with E-state index in [1.165, 1.54) is 50.6 Å².